The van der Waals surface area contributed by atoms with Crippen LogP contribution in [0.5, 0.6) is 0 Å². The fourth-order valence-corrected chi connectivity index (χ4v) is 1.28. The van der Waals surface area contributed by atoms with E-state index in [1.165, 1.54) is 14.0 Å². The van der Waals surface area contributed by atoms with Gasteiger partial charge >= 0.3 is 11.9 Å². The third-order valence-electron chi connectivity index (χ3n) is 2.33. The third-order valence-corrected chi connectivity index (χ3v) is 2.33. The fourth-order valence-electron chi connectivity index (χ4n) is 1.28. The van der Waals surface area contributed by atoms with Crippen LogP contribution in [0.25, 0.3) is 0 Å². The number of carbonyl (C=O) groups is 4. The molecule has 1 rings (SSSR count). The number of methoxy groups -OCH3 is 1. The molecular formula is C11H14N2O6. The number of esters is 2. The molecule has 0 bridgehead atoms. The van der Waals surface area contributed by atoms with Gasteiger partial charge in [0.15, 0.2) is 0 Å². The number of hydrogen-bond donors (Lipinski definition) is 2. The predicted octanol–water partition coefficient (Wildman–Crippen LogP) is -1.74. The van der Waals surface area contributed by atoms with Crippen molar-refractivity contribution in [3.8, 4) is 0 Å². The van der Waals surface area contributed by atoms with Crippen molar-refractivity contribution < 1.29 is 28.7 Å². The van der Waals surface area contributed by atoms with Crippen molar-refractivity contribution in [1.82, 2.24) is 10.6 Å². The zero-order chi connectivity index (χ0) is 14.4. The van der Waals surface area contributed by atoms with Crippen molar-refractivity contribution >= 4 is 23.8 Å². The van der Waals surface area contributed by atoms with Crippen LogP contribution in [0.4, 0.5) is 0 Å². The molecule has 8 nitrogen and oxygen atoms in total. The molecule has 1 aliphatic heterocycles. The molecule has 0 aromatic carbocycles. The Kier molecular flexibility index (Phi) is 5.04. The van der Waals surface area contributed by atoms with Crippen molar-refractivity contribution in [1.29, 1.82) is 0 Å². The van der Waals surface area contributed by atoms with Crippen LogP contribution >= 0.6 is 0 Å². The Morgan fingerprint density at radius 3 is 2.42 bits per heavy atom. The molecule has 0 saturated carbocycles. The van der Waals surface area contributed by atoms with Gasteiger partial charge in [-0.15, -0.1) is 0 Å². The molecule has 0 aromatic rings. The van der Waals surface area contributed by atoms with Gasteiger partial charge < -0.3 is 20.1 Å². The van der Waals surface area contributed by atoms with Gasteiger partial charge in [0.05, 0.1) is 7.11 Å². The van der Waals surface area contributed by atoms with Gasteiger partial charge in [-0.05, 0) is 6.92 Å². The van der Waals surface area contributed by atoms with Crippen LogP contribution in [0, 0.1) is 0 Å². The second-order valence-corrected chi connectivity index (χ2v) is 3.78. The van der Waals surface area contributed by atoms with Gasteiger partial charge in [-0.1, -0.05) is 0 Å². The number of rotatable bonds is 4. The van der Waals surface area contributed by atoms with Gasteiger partial charge in [-0.3, -0.25) is 9.59 Å². The molecule has 0 aromatic heterocycles. The minimum atomic E-state index is -0.931. The fraction of sp³-hybridized carbons (Fsp3) is 0.455. The van der Waals surface area contributed by atoms with Crippen molar-refractivity contribution in [2.75, 3.05) is 13.7 Å². The zero-order valence-electron chi connectivity index (χ0n) is 10.5. The quantitative estimate of drug-likeness (QED) is 0.463. The van der Waals surface area contributed by atoms with Gasteiger partial charge in [0.25, 0.3) is 0 Å². The number of ether oxygens (including phenoxy) is 2. The normalized spacial score (nSPS) is 22.6. The SMILES string of the molecule is COC(=O)/C=C/C(=O)OC[C@@H]1NC(=O)C(C)NC1=O. The van der Waals surface area contributed by atoms with Gasteiger partial charge in [-0.2, -0.15) is 0 Å². The Labute approximate surface area is 109 Å². The number of carbonyl (C=O) groups excluding carboxylic acids is 4. The summed E-state index contributed by atoms with van der Waals surface area (Å²) in [5.74, 6) is -2.30. The molecular weight excluding hydrogens is 256 g/mol. The molecule has 1 aliphatic rings. The Morgan fingerprint density at radius 2 is 1.79 bits per heavy atom. The minimum absolute atomic E-state index is 0.311. The average molecular weight is 270 g/mol. The van der Waals surface area contributed by atoms with Gasteiger partial charge in [0.1, 0.15) is 18.7 Å². The predicted molar refractivity (Wildman–Crippen MR) is 61.7 cm³/mol. The maximum Gasteiger partial charge on any atom is 0.331 e. The summed E-state index contributed by atoms with van der Waals surface area (Å²) in [4.78, 5) is 44.7. The Morgan fingerprint density at radius 1 is 1.16 bits per heavy atom. The smallest absolute Gasteiger partial charge is 0.331 e. The van der Waals surface area contributed by atoms with E-state index in [1.54, 1.807) is 0 Å². The summed E-state index contributed by atoms with van der Waals surface area (Å²) < 4.78 is 9.00. The van der Waals surface area contributed by atoms with E-state index in [9.17, 15) is 19.2 Å². The van der Waals surface area contributed by atoms with E-state index in [0.717, 1.165) is 12.2 Å². The highest BCUT2D eigenvalue weighted by Gasteiger charge is 2.31. The van der Waals surface area contributed by atoms with Crippen molar-refractivity contribution in [3.05, 3.63) is 12.2 Å². The van der Waals surface area contributed by atoms with Crippen LogP contribution in [0.3, 0.4) is 0 Å². The Bertz CT molecular complexity index is 431. The first kappa shape index (κ1) is 14.7. The second kappa shape index (κ2) is 6.53. The molecule has 104 valence electrons. The highest BCUT2D eigenvalue weighted by atomic mass is 16.5. The molecule has 2 N–H and O–H groups in total. The summed E-state index contributed by atoms with van der Waals surface area (Å²) in [5, 5.41) is 4.83. The lowest BCUT2D eigenvalue weighted by Gasteiger charge is -2.26. The van der Waals surface area contributed by atoms with Crippen molar-refractivity contribution in [3.63, 3.8) is 0 Å². The summed E-state index contributed by atoms with van der Waals surface area (Å²) in [6.07, 6.45) is 1.76. The highest BCUT2D eigenvalue weighted by Crippen LogP contribution is 1.98. The highest BCUT2D eigenvalue weighted by molar-refractivity contribution is 5.97. The van der Waals surface area contributed by atoms with Crippen LogP contribution in [0.1, 0.15) is 6.92 Å². The lowest BCUT2D eigenvalue weighted by Crippen LogP contribution is -2.62. The molecule has 1 unspecified atom stereocenters. The van der Waals surface area contributed by atoms with Crippen molar-refractivity contribution in [2.45, 2.75) is 19.0 Å². The Hall–Kier alpha value is -2.38. The maximum absolute atomic E-state index is 11.5. The molecule has 2 atom stereocenters. The molecule has 0 aliphatic carbocycles. The largest absolute Gasteiger partial charge is 0.466 e. The molecule has 1 heterocycles. The van der Waals surface area contributed by atoms with Crippen LogP contribution in [0.2, 0.25) is 0 Å². The molecule has 2 amide bonds. The van der Waals surface area contributed by atoms with E-state index in [1.807, 2.05) is 0 Å². The topological polar surface area (TPSA) is 111 Å². The summed E-state index contributed by atoms with van der Waals surface area (Å²) in [5.41, 5.74) is 0. The summed E-state index contributed by atoms with van der Waals surface area (Å²) >= 11 is 0. The first-order valence-electron chi connectivity index (χ1n) is 5.47. The standard InChI is InChI=1S/C11H14N2O6/c1-6-10(16)13-7(11(17)12-6)5-19-9(15)4-3-8(14)18-2/h3-4,6-7H,5H2,1-2H3,(H,12,17)(H,13,16)/b4-3+/t6?,7-/m0/s1. The maximum atomic E-state index is 11.5. The summed E-state index contributed by atoms with van der Waals surface area (Å²) in [6, 6.07) is -1.54. The summed E-state index contributed by atoms with van der Waals surface area (Å²) in [6.45, 7) is 1.23. The second-order valence-electron chi connectivity index (χ2n) is 3.78. The van der Waals surface area contributed by atoms with Crippen LogP contribution in [0.15, 0.2) is 12.2 Å². The average Bonchev–Trinajstić information content (AvgIpc) is 2.38. The number of piperazine rings is 1. The minimum Gasteiger partial charge on any atom is -0.466 e. The van der Waals surface area contributed by atoms with E-state index in [2.05, 4.69) is 15.4 Å². The van der Waals surface area contributed by atoms with E-state index >= 15 is 0 Å². The monoisotopic (exact) mass is 270 g/mol. The van der Waals surface area contributed by atoms with E-state index in [4.69, 9.17) is 4.74 Å². The number of nitrogens with one attached hydrogen (secondary N) is 2. The third kappa shape index (κ3) is 4.41. The number of amides is 2. The molecule has 8 heteroatoms. The lowest BCUT2D eigenvalue weighted by atomic mass is 10.1. The van der Waals surface area contributed by atoms with E-state index in [-0.39, 0.29) is 12.5 Å². The van der Waals surface area contributed by atoms with E-state index < -0.39 is 29.9 Å². The van der Waals surface area contributed by atoms with E-state index in [0.29, 0.717) is 0 Å². The van der Waals surface area contributed by atoms with Crippen LogP contribution in [-0.2, 0) is 28.7 Å². The molecule has 1 saturated heterocycles. The molecule has 19 heavy (non-hydrogen) atoms. The Balaban J connectivity index is 2.42. The molecule has 0 radical (unpaired) electrons. The first-order valence-corrected chi connectivity index (χ1v) is 5.47. The van der Waals surface area contributed by atoms with Crippen LogP contribution < -0.4 is 10.6 Å². The first-order chi connectivity index (χ1) is 8.93. The van der Waals surface area contributed by atoms with Crippen molar-refractivity contribution in [2.24, 2.45) is 0 Å². The molecule has 0 spiro atoms. The molecule has 1 fully saturated rings. The number of hydrogen-bond acceptors (Lipinski definition) is 6. The lowest BCUT2D eigenvalue weighted by molar-refractivity contribution is -0.144. The van der Waals surface area contributed by atoms with Gasteiger partial charge in [0.2, 0.25) is 11.8 Å². The van der Waals surface area contributed by atoms with Gasteiger partial charge in [0, 0.05) is 12.2 Å². The van der Waals surface area contributed by atoms with Gasteiger partial charge in [-0.25, -0.2) is 9.59 Å². The summed E-state index contributed by atoms with van der Waals surface area (Å²) in [7, 11) is 1.17. The zero-order valence-corrected chi connectivity index (χ0v) is 10.5. The van der Waals surface area contributed by atoms with Crippen LogP contribution in [-0.4, -0.2) is 49.6 Å².